The molecule has 1 aliphatic rings. The standard InChI is InChI=1S/C14H13BrO2S/c15-14-6-3-11(18-14)8-17-10-2-4-12-9(7-10)1-5-13(12)16/h2-4,6-7,13,16H,1,5,8H2. The van der Waals surface area contributed by atoms with Gasteiger partial charge in [-0.25, -0.2) is 0 Å². The van der Waals surface area contributed by atoms with Crippen molar-refractivity contribution in [1.82, 2.24) is 0 Å². The molecule has 0 radical (unpaired) electrons. The monoisotopic (exact) mass is 324 g/mol. The average molecular weight is 325 g/mol. The number of rotatable bonds is 3. The van der Waals surface area contributed by atoms with Crippen LogP contribution in [0.4, 0.5) is 0 Å². The Hall–Kier alpha value is -0.840. The largest absolute Gasteiger partial charge is 0.488 e. The van der Waals surface area contributed by atoms with Crippen molar-refractivity contribution >= 4 is 27.3 Å². The number of ether oxygens (including phenoxy) is 1. The van der Waals surface area contributed by atoms with Crippen molar-refractivity contribution < 1.29 is 9.84 Å². The maximum Gasteiger partial charge on any atom is 0.122 e. The third kappa shape index (κ3) is 2.46. The van der Waals surface area contributed by atoms with Crippen molar-refractivity contribution in [3.05, 3.63) is 50.1 Å². The molecular formula is C14H13BrO2S. The van der Waals surface area contributed by atoms with E-state index in [9.17, 15) is 5.11 Å². The molecule has 2 nitrogen and oxygen atoms in total. The van der Waals surface area contributed by atoms with Gasteiger partial charge in [-0.1, -0.05) is 6.07 Å². The maximum atomic E-state index is 9.74. The van der Waals surface area contributed by atoms with Gasteiger partial charge in [0.25, 0.3) is 0 Å². The van der Waals surface area contributed by atoms with Gasteiger partial charge in [-0.15, -0.1) is 11.3 Å². The van der Waals surface area contributed by atoms with Crippen LogP contribution in [0.5, 0.6) is 5.75 Å². The predicted octanol–water partition coefficient (Wildman–Crippen LogP) is 4.07. The van der Waals surface area contributed by atoms with E-state index in [1.54, 1.807) is 11.3 Å². The number of benzene rings is 1. The summed E-state index contributed by atoms with van der Waals surface area (Å²) in [5, 5.41) is 9.74. The zero-order chi connectivity index (χ0) is 12.5. The molecule has 1 unspecified atom stereocenters. The molecular weight excluding hydrogens is 312 g/mol. The van der Waals surface area contributed by atoms with Crippen LogP contribution in [-0.4, -0.2) is 5.11 Å². The first-order valence-corrected chi connectivity index (χ1v) is 7.51. The quantitative estimate of drug-likeness (QED) is 0.922. The molecule has 18 heavy (non-hydrogen) atoms. The topological polar surface area (TPSA) is 29.5 Å². The maximum absolute atomic E-state index is 9.74. The van der Waals surface area contributed by atoms with Crippen molar-refractivity contribution in [3.63, 3.8) is 0 Å². The first-order chi connectivity index (χ1) is 8.72. The Labute approximate surface area is 118 Å². The molecule has 0 spiro atoms. The Morgan fingerprint density at radius 3 is 3.00 bits per heavy atom. The summed E-state index contributed by atoms with van der Waals surface area (Å²) in [5.41, 5.74) is 2.27. The summed E-state index contributed by atoms with van der Waals surface area (Å²) in [5.74, 6) is 0.882. The van der Waals surface area contributed by atoms with Crippen LogP contribution in [0.2, 0.25) is 0 Å². The summed E-state index contributed by atoms with van der Waals surface area (Å²) in [7, 11) is 0. The van der Waals surface area contributed by atoms with E-state index in [0.717, 1.165) is 27.9 Å². The van der Waals surface area contributed by atoms with Crippen LogP contribution in [0.3, 0.4) is 0 Å². The lowest BCUT2D eigenvalue weighted by Crippen LogP contribution is -1.95. The summed E-state index contributed by atoms with van der Waals surface area (Å²) >= 11 is 5.13. The highest BCUT2D eigenvalue weighted by Crippen LogP contribution is 2.33. The third-order valence-corrected chi connectivity index (χ3v) is 4.77. The smallest absolute Gasteiger partial charge is 0.122 e. The molecule has 0 saturated carbocycles. The molecule has 1 N–H and O–H groups in total. The Kier molecular flexibility index (Phi) is 3.41. The lowest BCUT2D eigenvalue weighted by atomic mass is 10.1. The van der Waals surface area contributed by atoms with Gasteiger partial charge in [0.1, 0.15) is 12.4 Å². The number of hydrogen-bond donors (Lipinski definition) is 1. The minimum atomic E-state index is -0.290. The molecule has 94 valence electrons. The number of aliphatic hydroxyl groups excluding tert-OH is 1. The van der Waals surface area contributed by atoms with E-state index in [1.807, 2.05) is 24.3 Å². The van der Waals surface area contributed by atoms with E-state index in [0.29, 0.717) is 6.61 Å². The Morgan fingerprint density at radius 1 is 1.33 bits per heavy atom. The van der Waals surface area contributed by atoms with Crippen molar-refractivity contribution in [2.75, 3.05) is 0 Å². The van der Waals surface area contributed by atoms with Crippen LogP contribution in [0, 0.1) is 0 Å². The number of fused-ring (bicyclic) bond motifs is 1. The summed E-state index contributed by atoms with van der Waals surface area (Å²) in [4.78, 5) is 1.20. The zero-order valence-corrected chi connectivity index (χ0v) is 12.1. The number of aliphatic hydroxyl groups is 1. The van der Waals surface area contributed by atoms with E-state index in [-0.39, 0.29) is 6.10 Å². The molecule has 2 aromatic rings. The molecule has 0 amide bonds. The van der Waals surface area contributed by atoms with Crippen LogP contribution >= 0.6 is 27.3 Å². The van der Waals surface area contributed by atoms with E-state index >= 15 is 0 Å². The highest BCUT2D eigenvalue weighted by atomic mass is 79.9. The Balaban J connectivity index is 1.70. The van der Waals surface area contributed by atoms with Gasteiger partial charge < -0.3 is 9.84 Å². The second-order valence-corrected chi connectivity index (χ2v) is 6.96. The number of aryl methyl sites for hydroxylation is 1. The molecule has 0 saturated heterocycles. The number of hydrogen-bond acceptors (Lipinski definition) is 3. The zero-order valence-electron chi connectivity index (χ0n) is 9.73. The van der Waals surface area contributed by atoms with Crippen LogP contribution in [0.1, 0.15) is 28.5 Å². The Bertz CT molecular complexity index is 565. The van der Waals surface area contributed by atoms with Gasteiger partial charge in [0, 0.05) is 4.88 Å². The van der Waals surface area contributed by atoms with Gasteiger partial charge in [0.05, 0.1) is 9.89 Å². The van der Waals surface area contributed by atoms with Crippen molar-refractivity contribution in [2.24, 2.45) is 0 Å². The Morgan fingerprint density at radius 2 is 2.22 bits per heavy atom. The normalized spacial score (nSPS) is 17.8. The lowest BCUT2D eigenvalue weighted by Gasteiger charge is -2.08. The SMILES string of the molecule is OC1CCc2cc(OCc3ccc(Br)s3)ccc21. The van der Waals surface area contributed by atoms with E-state index < -0.39 is 0 Å². The van der Waals surface area contributed by atoms with Gasteiger partial charge in [0.15, 0.2) is 0 Å². The molecule has 1 aliphatic carbocycles. The van der Waals surface area contributed by atoms with Crippen LogP contribution < -0.4 is 4.74 Å². The molecule has 1 heterocycles. The first kappa shape index (κ1) is 12.2. The highest BCUT2D eigenvalue weighted by molar-refractivity contribution is 9.11. The molecule has 1 aromatic heterocycles. The fraction of sp³-hybridized carbons (Fsp3) is 0.286. The molecule has 0 fully saturated rings. The van der Waals surface area contributed by atoms with Crippen molar-refractivity contribution in [3.8, 4) is 5.75 Å². The second-order valence-electron chi connectivity index (χ2n) is 4.41. The molecule has 0 aliphatic heterocycles. The first-order valence-electron chi connectivity index (χ1n) is 5.90. The minimum absolute atomic E-state index is 0.290. The van der Waals surface area contributed by atoms with E-state index in [2.05, 4.69) is 22.0 Å². The van der Waals surface area contributed by atoms with E-state index in [4.69, 9.17) is 4.74 Å². The fourth-order valence-electron chi connectivity index (χ4n) is 2.24. The van der Waals surface area contributed by atoms with Gasteiger partial charge in [-0.3, -0.25) is 0 Å². The van der Waals surface area contributed by atoms with Crippen LogP contribution in [-0.2, 0) is 13.0 Å². The van der Waals surface area contributed by atoms with Gasteiger partial charge >= 0.3 is 0 Å². The minimum Gasteiger partial charge on any atom is -0.488 e. The second kappa shape index (κ2) is 5.03. The fourth-order valence-corrected chi connectivity index (χ4v) is 3.64. The van der Waals surface area contributed by atoms with Crippen molar-refractivity contribution in [1.29, 1.82) is 0 Å². The van der Waals surface area contributed by atoms with Gasteiger partial charge in [0.2, 0.25) is 0 Å². The van der Waals surface area contributed by atoms with E-state index in [1.165, 1.54) is 10.4 Å². The summed E-state index contributed by atoms with van der Waals surface area (Å²) in [6.07, 6.45) is 1.48. The lowest BCUT2D eigenvalue weighted by molar-refractivity contribution is 0.180. The molecule has 1 atom stereocenters. The van der Waals surface area contributed by atoms with Crippen LogP contribution in [0.25, 0.3) is 0 Å². The summed E-state index contributed by atoms with van der Waals surface area (Å²) in [6, 6.07) is 10.1. The van der Waals surface area contributed by atoms with Crippen LogP contribution in [0.15, 0.2) is 34.1 Å². The third-order valence-electron chi connectivity index (χ3n) is 3.17. The average Bonchev–Trinajstić information content (AvgIpc) is 2.94. The number of thiophene rings is 1. The molecule has 4 heteroatoms. The highest BCUT2D eigenvalue weighted by Gasteiger charge is 2.20. The summed E-state index contributed by atoms with van der Waals surface area (Å²) < 4.78 is 6.90. The molecule has 0 bridgehead atoms. The van der Waals surface area contributed by atoms with Crippen molar-refractivity contribution in [2.45, 2.75) is 25.6 Å². The van der Waals surface area contributed by atoms with Gasteiger partial charge in [-0.05, 0) is 64.2 Å². The molecule has 3 rings (SSSR count). The molecule has 1 aromatic carbocycles. The van der Waals surface area contributed by atoms with Gasteiger partial charge in [-0.2, -0.15) is 0 Å². The summed E-state index contributed by atoms with van der Waals surface area (Å²) in [6.45, 7) is 0.595. The predicted molar refractivity (Wildman–Crippen MR) is 76.1 cm³/mol. The number of halogens is 1.